The minimum absolute atomic E-state index is 0. The average Bonchev–Trinajstić information content (AvgIpc) is 3.60. The van der Waals surface area contributed by atoms with Gasteiger partial charge in [0.15, 0.2) is 0 Å². The normalized spacial score (nSPS) is 10.8. The number of pyridine rings is 2. The maximum absolute atomic E-state index is 6.40. The van der Waals surface area contributed by atoms with Gasteiger partial charge in [0.2, 0.25) is 5.95 Å². The molecule has 59 heavy (non-hydrogen) atoms. The summed E-state index contributed by atoms with van der Waals surface area (Å²) in [5, 5.41) is 1.87. The molecule has 0 amide bonds. The van der Waals surface area contributed by atoms with E-state index in [4.69, 9.17) is 9.47 Å². The van der Waals surface area contributed by atoms with Crippen LogP contribution in [0.3, 0.4) is 0 Å². The fourth-order valence-corrected chi connectivity index (χ4v) is 6.88. The summed E-state index contributed by atoms with van der Waals surface area (Å²) in [6.07, 6.45) is 7.06. The summed E-state index contributed by atoms with van der Waals surface area (Å²) in [6, 6.07) is 63.6. The van der Waals surface area contributed by atoms with Crippen LogP contribution in [0.4, 0.5) is 0 Å². The van der Waals surface area contributed by atoms with Gasteiger partial charge in [0, 0.05) is 47.8 Å². The van der Waals surface area contributed by atoms with Crippen LogP contribution in [-0.2, 0) is 41.5 Å². The van der Waals surface area contributed by atoms with Crippen LogP contribution in [0.5, 0.6) is 23.0 Å². The topological polar surface area (TPSA) is 75.0 Å². The standard InChI is InChI=1S/C50H29N5O2.Pd.Pt/c1-3-10-34(11-4-1)36-22-26-51-46(30-36)38-14-7-16-40(28-38)56-42-18-20-44-45-21-19-43(33-49(45)55(48(44)32-42)50-53-24-9-25-54-50)57-41-17-8-15-39(29-41)47-31-37(23-27-52-47)35-12-5-2-6-13-35;;/h1-27,30-31H;;/q-4;2*+2. The first-order chi connectivity index (χ1) is 28.2. The molecule has 0 N–H and O–H groups in total. The molecule has 10 aromatic rings. The van der Waals surface area contributed by atoms with E-state index in [2.05, 4.69) is 80.6 Å². The number of nitrogens with zero attached hydrogens (tertiary/aromatic N) is 5. The van der Waals surface area contributed by atoms with Gasteiger partial charge in [0.1, 0.15) is 0 Å². The van der Waals surface area contributed by atoms with E-state index in [0.29, 0.717) is 28.9 Å². The molecule has 6 aromatic carbocycles. The van der Waals surface area contributed by atoms with Crippen molar-refractivity contribution in [2.24, 2.45) is 0 Å². The molecule has 0 fully saturated rings. The van der Waals surface area contributed by atoms with Crippen molar-refractivity contribution in [3.63, 3.8) is 0 Å². The third-order valence-electron chi connectivity index (χ3n) is 9.55. The van der Waals surface area contributed by atoms with E-state index in [-0.39, 0.29) is 41.5 Å². The second-order valence-corrected chi connectivity index (χ2v) is 13.2. The molecule has 10 rings (SSSR count). The molecule has 0 aliphatic heterocycles. The predicted molar refractivity (Wildman–Crippen MR) is 222 cm³/mol. The summed E-state index contributed by atoms with van der Waals surface area (Å²) >= 11 is 0. The average molecular weight is 1030 g/mol. The number of hydrogen-bond acceptors (Lipinski definition) is 6. The van der Waals surface area contributed by atoms with Crippen LogP contribution in [0.1, 0.15) is 0 Å². The van der Waals surface area contributed by atoms with Crippen LogP contribution in [0.25, 0.3) is 72.5 Å². The van der Waals surface area contributed by atoms with Crippen molar-refractivity contribution in [1.82, 2.24) is 24.5 Å². The number of fused-ring (bicyclic) bond motifs is 3. The molecule has 0 unspecified atom stereocenters. The van der Waals surface area contributed by atoms with Gasteiger partial charge in [-0.3, -0.25) is 0 Å². The van der Waals surface area contributed by atoms with Crippen LogP contribution in [0, 0.1) is 24.3 Å². The number of hydrogen-bond donors (Lipinski definition) is 0. The Hall–Kier alpha value is -6.55. The van der Waals surface area contributed by atoms with Crippen LogP contribution < -0.4 is 9.47 Å². The molecular weight excluding hydrogens is 1000 g/mol. The van der Waals surface area contributed by atoms with Gasteiger partial charge < -0.3 is 24.0 Å². The van der Waals surface area contributed by atoms with E-state index < -0.39 is 0 Å². The Kier molecular flexibility index (Phi) is 11.7. The number of ether oxygens (including phenoxy) is 2. The third-order valence-corrected chi connectivity index (χ3v) is 9.55. The van der Waals surface area contributed by atoms with Crippen LogP contribution in [0.15, 0.2) is 176 Å². The van der Waals surface area contributed by atoms with Crippen molar-refractivity contribution in [3.05, 3.63) is 201 Å². The van der Waals surface area contributed by atoms with Crippen molar-refractivity contribution in [2.75, 3.05) is 0 Å². The van der Waals surface area contributed by atoms with Crippen LogP contribution >= 0.6 is 0 Å². The summed E-state index contributed by atoms with van der Waals surface area (Å²) in [6.45, 7) is 0. The first-order valence-electron chi connectivity index (χ1n) is 18.4. The molecule has 0 bridgehead atoms. The van der Waals surface area contributed by atoms with Crippen LogP contribution in [-0.4, -0.2) is 24.5 Å². The van der Waals surface area contributed by atoms with Gasteiger partial charge in [-0.1, -0.05) is 96.0 Å². The van der Waals surface area contributed by atoms with Gasteiger partial charge in [-0.25, -0.2) is 9.97 Å². The van der Waals surface area contributed by atoms with E-state index >= 15 is 0 Å². The quantitative estimate of drug-likeness (QED) is 0.106. The minimum Gasteiger partial charge on any atom is -0.503 e. The Morgan fingerprint density at radius 3 is 1.32 bits per heavy atom. The van der Waals surface area contributed by atoms with Gasteiger partial charge in [-0.2, -0.15) is 22.9 Å². The van der Waals surface area contributed by atoms with E-state index in [1.54, 1.807) is 18.5 Å². The Morgan fingerprint density at radius 2 is 0.847 bits per heavy atom. The maximum atomic E-state index is 6.40. The second-order valence-electron chi connectivity index (χ2n) is 13.2. The molecule has 4 aromatic heterocycles. The largest absolute Gasteiger partial charge is 2.00 e. The molecule has 0 aliphatic carbocycles. The zero-order valence-electron chi connectivity index (χ0n) is 30.9. The smallest absolute Gasteiger partial charge is 0.503 e. The number of benzene rings is 6. The maximum Gasteiger partial charge on any atom is 2.00 e. The summed E-state index contributed by atoms with van der Waals surface area (Å²) in [5.41, 5.74) is 9.10. The SMILES string of the molecule is [Pd+2].[Pt+2].[c-]1c(Oc2[c-]c3c(cc2)c2ccc(Oc4[c-]c(-c5cc(-c6ccccc6)ccn5)ccc4)[c-]c2n3-c2ncccn2)cccc1-c1cc(-c2ccccc2)ccn1. The number of rotatable bonds is 9. The predicted octanol–water partition coefficient (Wildman–Crippen LogP) is 11.8. The van der Waals surface area contributed by atoms with Crippen molar-refractivity contribution in [3.8, 4) is 73.7 Å². The minimum atomic E-state index is 0. The van der Waals surface area contributed by atoms with Crippen molar-refractivity contribution in [2.45, 2.75) is 0 Å². The third kappa shape index (κ3) is 8.26. The van der Waals surface area contributed by atoms with E-state index in [0.717, 1.165) is 66.6 Å². The van der Waals surface area contributed by atoms with Crippen LogP contribution in [0.2, 0.25) is 0 Å². The Bertz CT molecular complexity index is 2850. The fraction of sp³-hybridized carbons (Fsp3) is 0. The van der Waals surface area contributed by atoms with Gasteiger partial charge in [0.25, 0.3) is 0 Å². The van der Waals surface area contributed by atoms with E-state index in [9.17, 15) is 0 Å². The molecule has 0 saturated carbocycles. The first-order valence-corrected chi connectivity index (χ1v) is 18.4. The van der Waals surface area contributed by atoms with Gasteiger partial charge in [-0.05, 0) is 51.8 Å². The Morgan fingerprint density at radius 1 is 0.390 bits per heavy atom. The van der Waals surface area contributed by atoms with Gasteiger partial charge in [-0.15, -0.1) is 71.8 Å². The molecular formula is C50H29N5O2PdPt. The van der Waals surface area contributed by atoms with E-state index in [1.807, 2.05) is 126 Å². The number of aromatic nitrogens is 5. The van der Waals surface area contributed by atoms with Crippen molar-refractivity contribution >= 4 is 21.8 Å². The molecule has 0 spiro atoms. The summed E-state index contributed by atoms with van der Waals surface area (Å²) in [7, 11) is 0. The monoisotopic (exact) mass is 1030 g/mol. The second kappa shape index (κ2) is 17.5. The summed E-state index contributed by atoms with van der Waals surface area (Å²) in [4.78, 5) is 18.5. The van der Waals surface area contributed by atoms with E-state index in [1.165, 1.54) is 0 Å². The van der Waals surface area contributed by atoms with Gasteiger partial charge in [0.05, 0.1) is 0 Å². The summed E-state index contributed by atoms with van der Waals surface area (Å²) in [5.74, 6) is 2.56. The molecule has 9 heteroatoms. The van der Waals surface area contributed by atoms with Crippen molar-refractivity contribution < 1.29 is 51.0 Å². The molecule has 0 aliphatic rings. The zero-order valence-corrected chi connectivity index (χ0v) is 34.8. The Labute approximate surface area is 369 Å². The molecule has 4 heterocycles. The van der Waals surface area contributed by atoms with Gasteiger partial charge >= 0.3 is 41.5 Å². The molecule has 286 valence electrons. The van der Waals surface area contributed by atoms with Crippen molar-refractivity contribution in [1.29, 1.82) is 0 Å². The molecule has 0 atom stereocenters. The molecule has 0 saturated heterocycles. The Balaban J connectivity index is 0.00000242. The summed E-state index contributed by atoms with van der Waals surface area (Å²) < 4.78 is 14.7. The molecule has 7 nitrogen and oxygen atoms in total. The first kappa shape index (κ1) is 39.3. The molecule has 0 radical (unpaired) electrons. The zero-order chi connectivity index (χ0) is 38.0. The fourth-order valence-electron chi connectivity index (χ4n) is 6.88.